The lowest BCUT2D eigenvalue weighted by molar-refractivity contribution is 0.819. The van der Waals surface area contributed by atoms with Gasteiger partial charge in [-0.05, 0) is 24.6 Å². The van der Waals surface area contributed by atoms with Crippen LogP contribution >= 0.6 is 0 Å². The van der Waals surface area contributed by atoms with Crippen LogP contribution in [0.15, 0.2) is 48.5 Å². The third kappa shape index (κ3) is 1.89. The smallest absolute Gasteiger partial charge is 0.138 e. The van der Waals surface area contributed by atoms with Gasteiger partial charge in [0.15, 0.2) is 0 Å². The van der Waals surface area contributed by atoms with Crippen molar-refractivity contribution in [3.05, 3.63) is 54.1 Å². The molecule has 0 fully saturated rings. The maximum Gasteiger partial charge on any atom is 0.138 e. The molecule has 0 saturated carbocycles. The SMILES string of the molecule is CC(N)c1ccc2nc(-c3ccccc3)[nH]c2c1. The molecular weight excluding hydrogens is 222 g/mol. The number of H-pyrrole nitrogens is 1. The van der Waals surface area contributed by atoms with Crippen LogP contribution in [0.3, 0.4) is 0 Å². The number of aromatic amines is 1. The zero-order valence-electron chi connectivity index (χ0n) is 10.2. The third-order valence-corrected chi connectivity index (χ3v) is 3.08. The molecule has 3 rings (SSSR count). The summed E-state index contributed by atoms with van der Waals surface area (Å²) < 4.78 is 0. The highest BCUT2D eigenvalue weighted by molar-refractivity contribution is 5.80. The summed E-state index contributed by atoms with van der Waals surface area (Å²) >= 11 is 0. The van der Waals surface area contributed by atoms with E-state index in [1.165, 1.54) is 0 Å². The number of nitrogens with zero attached hydrogens (tertiary/aromatic N) is 1. The Bertz CT molecular complexity index is 669. The van der Waals surface area contributed by atoms with Crippen molar-refractivity contribution < 1.29 is 0 Å². The summed E-state index contributed by atoms with van der Waals surface area (Å²) in [6.45, 7) is 1.98. The molecular formula is C15H15N3. The zero-order valence-corrected chi connectivity index (χ0v) is 10.2. The van der Waals surface area contributed by atoms with E-state index in [4.69, 9.17) is 5.73 Å². The average Bonchev–Trinajstić information content (AvgIpc) is 2.82. The molecule has 90 valence electrons. The van der Waals surface area contributed by atoms with E-state index >= 15 is 0 Å². The Morgan fingerprint density at radius 1 is 1.11 bits per heavy atom. The maximum absolute atomic E-state index is 5.89. The first-order chi connectivity index (χ1) is 8.74. The van der Waals surface area contributed by atoms with Gasteiger partial charge >= 0.3 is 0 Å². The Morgan fingerprint density at radius 2 is 1.89 bits per heavy atom. The monoisotopic (exact) mass is 237 g/mol. The molecule has 0 bridgehead atoms. The summed E-state index contributed by atoms with van der Waals surface area (Å²) in [4.78, 5) is 7.93. The normalized spacial score (nSPS) is 12.8. The van der Waals surface area contributed by atoms with Crippen LogP contribution in [-0.2, 0) is 0 Å². The molecule has 0 aliphatic carbocycles. The Kier molecular flexibility index (Phi) is 2.61. The zero-order chi connectivity index (χ0) is 12.5. The number of rotatable bonds is 2. The van der Waals surface area contributed by atoms with Crippen LogP contribution in [0.1, 0.15) is 18.5 Å². The number of benzene rings is 2. The molecule has 18 heavy (non-hydrogen) atoms. The van der Waals surface area contributed by atoms with Crippen LogP contribution < -0.4 is 5.73 Å². The van der Waals surface area contributed by atoms with E-state index in [1.807, 2.05) is 49.4 Å². The fourth-order valence-corrected chi connectivity index (χ4v) is 2.04. The highest BCUT2D eigenvalue weighted by atomic mass is 14.9. The van der Waals surface area contributed by atoms with Crippen molar-refractivity contribution in [2.45, 2.75) is 13.0 Å². The van der Waals surface area contributed by atoms with E-state index in [1.54, 1.807) is 0 Å². The summed E-state index contributed by atoms with van der Waals surface area (Å²) in [5.74, 6) is 0.896. The van der Waals surface area contributed by atoms with Crippen molar-refractivity contribution in [3.8, 4) is 11.4 Å². The van der Waals surface area contributed by atoms with Crippen molar-refractivity contribution in [3.63, 3.8) is 0 Å². The molecule has 3 heteroatoms. The lowest BCUT2D eigenvalue weighted by Crippen LogP contribution is -2.04. The van der Waals surface area contributed by atoms with Gasteiger partial charge in [-0.2, -0.15) is 0 Å². The predicted octanol–water partition coefficient (Wildman–Crippen LogP) is 3.25. The summed E-state index contributed by atoms with van der Waals surface area (Å²) in [7, 11) is 0. The van der Waals surface area contributed by atoms with E-state index in [9.17, 15) is 0 Å². The average molecular weight is 237 g/mol. The molecule has 0 amide bonds. The van der Waals surface area contributed by atoms with Crippen LogP contribution in [-0.4, -0.2) is 9.97 Å². The first-order valence-corrected chi connectivity index (χ1v) is 6.05. The van der Waals surface area contributed by atoms with E-state index in [-0.39, 0.29) is 6.04 Å². The Balaban J connectivity index is 2.11. The molecule has 1 aromatic heterocycles. The molecule has 3 N–H and O–H groups in total. The Hall–Kier alpha value is -2.13. The fraction of sp³-hybridized carbons (Fsp3) is 0.133. The van der Waals surface area contributed by atoms with Gasteiger partial charge in [-0.15, -0.1) is 0 Å². The molecule has 0 spiro atoms. The van der Waals surface area contributed by atoms with E-state index < -0.39 is 0 Å². The first-order valence-electron chi connectivity index (χ1n) is 6.05. The second kappa shape index (κ2) is 4.27. The third-order valence-electron chi connectivity index (χ3n) is 3.08. The largest absolute Gasteiger partial charge is 0.338 e. The number of hydrogen-bond donors (Lipinski definition) is 2. The van der Waals surface area contributed by atoms with Crippen molar-refractivity contribution in [1.29, 1.82) is 0 Å². The number of fused-ring (bicyclic) bond motifs is 1. The van der Waals surface area contributed by atoms with Crippen molar-refractivity contribution in [2.24, 2.45) is 5.73 Å². The molecule has 2 aromatic carbocycles. The number of nitrogens with two attached hydrogens (primary N) is 1. The minimum Gasteiger partial charge on any atom is -0.338 e. The van der Waals surface area contributed by atoms with Gasteiger partial charge in [-0.3, -0.25) is 0 Å². The minimum atomic E-state index is 0.0397. The Labute approximate surface area is 106 Å². The van der Waals surface area contributed by atoms with Crippen molar-refractivity contribution >= 4 is 11.0 Å². The van der Waals surface area contributed by atoms with Gasteiger partial charge < -0.3 is 10.7 Å². The first kappa shape index (κ1) is 11.0. The van der Waals surface area contributed by atoms with Crippen LogP contribution in [0, 0.1) is 0 Å². The minimum absolute atomic E-state index is 0.0397. The molecule has 0 aliphatic rings. The standard InChI is InChI=1S/C15H15N3/c1-10(16)12-7-8-13-14(9-12)18-15(17-13)11-5-3-2-4-6-11/h2-10H,16H2,1H3,(H,17,18). The van der Waals surface area contributed by atoms with Gasteiger partial charge in [0, 0.05) is 11.6 Å². The molecule has 0 radical (unpaired) electrons. The maximum atomic E-state index is 5.89. The fourth-order valence-electron chi connectivity index (χ4n) is 2.04. The highest BCUT2D eigenvalue weighted by Crippen LogP contribution is 2.22. The quantitative estimate of drug-likeness (QED) is 0.718. The Morgan fingerprint density at radius 3 is 2.61 bits per heavy atom. The van der Waals surface area contributed by atoms with Gasteiger partial charge in [0.25, 0.3) is 0 Å². The van der Waals surface area contributed by atoms with E-state index in [2.05, 4.69) is 16.0 Å². The summed E-state index contributed by atoms with van der Waals surface area (Å²) in [5.41, 5.74) is 10.1. The lowest BCUT2D eigenvalue weighted by atomic mass is 10.1. The van der Waals surface area contributed by atoms with Gasteiger partial charge in [0.1, 0.15) is 5.82 Å². The summed E-state index contributed by atoms with van der Waals surface area (Å²) in [5, 5.41) is 0. The van der Waals surface area contributed by atoms with E-state index in [0.717, 1.165) is 28.0 Å². The number of aromatic nitrogens is 2. The second-order valence-electron chi connectivity index (χ2n) is 4.52. The summed E-state index contributed by atoms with van der Waals surface area (Å²) in [6.07, 6.45) is 0. The predicted molar refractivity (Wildman–Crippen MR) is 74.1 cm³/mol. The summed E-state index contributed by atoms with van der Waals surface area (Å²) in [6, 6.07) is 16.3. The van der Waals surface area contributed by atoms with Crippen LogP contribution in [0.5, 0.6) is 0 Å². The van der Waals surface area contributed by atoms with Crippen LogP contribution in [0.4, 0.5) is 0 Å². The van der Waals surface area contributed by atoms with Crippen molar-refractivity contribution in [1.82, 2.24) is 9.97 Å². The van der Waals surface area contributed by atoms with Gasteiger partial charge in [-0.25, -0.2) is 4.98 Å². The number of imidazole rings is 1. The van der Waals surface area contributed by atoms with Gasteiger partial charge in [0.05, 0.1) is 11.0 Å². The van der Waals surface area contributed by atoms with Crippen molar-refractivity contribution in [2.75, 3.05) is 0 Å². The second-order valence-corrected chi connectivity index (χ2v) is 4.52. The molecule has 3 aromatic rings. The van der Waals surface area contributed by atoms with Gasteiger partial charge in [0.2, 0.25) is 0 Å². The number of nitrogens with one attached hydrogen (secondary N) is 1. The molecule has 1 atom stereocenters. The molecule has 0 aliphatic heterocycles. The topological polar surface area (TPSA) is 54.7 Å². The van der Waals surface area contributed by atoms with Crippen LogP contribution in [0.25, 0.3) is 22.4 Å². The molecule has 0 saturated heterocycles. The molecule has 1 heterocycles. The highest BCUT2D eigenvalue weighted by Gasteiger charge is 2.06. The number of hydrogen-bond acceptors (Lipinski definition) is 2. The van der Waals surface area contributed by atoms with Gasteiger partial charge in [-0.1, -0.05) is 36.4 Å². The molecule has 3 nitrogen and oxygen atoms in total. The lowest BCUT2D eigenvalue weighted by Gasteiger charge is -2.03. The molecule has 1 unspecified atom stereocenters. The van der Waals surface area contributed by atoms with Crippen LogP contribution in [0.2, 0.25) is 0 Å². The van der Waals surface area contributed by atoms with E-state index in [0.29, 0.717) is 0 Å².